The monoisotopic (exact) mass is 312 g/mol. The number of halogens is 2. The molecule has 2 aromatic rings. The smallest absolute Gasteiger partial charge is 0.162 e. The van der Waals surface area contributed by atoms with Gasteiger partial charge in [-0.2, -0.15) is 0 Å². The maximum Gasteiger partial charge on any atom is 0.162 e. The van der Waals surface area contributed by atoms with Crippen molar-refractivity contribution >= 4 is 23.2 Å². The fraction of sp³-hybridized carbons (Fsp3) is 0.200. The molecule has 0 saturated carbocycles. The molecule has 0 bridgehead atoms. The van der Waals surface area contributed by atoms with E-state index in [-0.39, 0.29) is 6.61 Å². The lowest BCUT2D eigenvalue weighted by atomic mass is 10.2. The van der Waals surface area contributed by atoms with Gasteiger partial charge in [0.25, 0.3) is 0 Å². The summed E-state index contributed by atoms with van der Waals surface area (Å²) in [4.78, 5) is 0. The molecule has 106 valence electrons. The van der Waals surface area contributed by atoms with E-state index >= 15 is 0 Å². The summed E-state index contributed by atoms with van der Waals surface area (Å²) >= 11 is 11.8. The molecule has 0 aliphatic rings. The van der Waals surface area contributed by atoms with Crippen LogP contribution >= 0.6 is 23.2 Å². The van der Waals surface area contributed by atoms with Gasteiger partial charge in [0.2, 0.25) is 0 Å². The van der Waals surface area contributed by atoms with Crippen LogP contribution in [0.25, 0.3) is 0 Å². The predicted octanol–water partition coefficient (Wildman–Crippen LogP) is 4.07. The molecule has 0 heterocycles. The Morgan fingerprint density at radius 1 is 0.950 bits per heavy atom. The summed E-state index contributed by atoms with van der Waals surface area (Å²) in [6, 6.07) is 10.6. The standard InChI is InChI=1S/C15H14Cl2O3/c1-19-14-5-3-10(8-18)7-15(14)20-9-11-2-4-12(16)13(17)6-11/h2-7,18H,8-9H2,1H3. The van der Waals surface area contributed by atoms with Crippen molar-refractivity contribution < 1.29 is 14.6 Å². The van der Waals surface area contributed by atoms with Gasteiger partial charge in [0.15, 0.2) is 11.5 Å². The summed E-state index contributed by atoms with van der Waals surface area (Å²) in [5.74, 6) is 1.19. The third-order valence-electron chi connectivity index (χ3n) is 2.79. The summed E-state index contributed by atoms with van der Waals surface area (Å²) in [7, 11) is 1.57. The minimum absolute atomic E-state index is 0.0485. The molecule has 0 aliphatic heterocycles. The highest BCUT2D eigenvalue weighted by Crippen LogP contribution is 2.29. The first kappa shape index (κ1) is 15.0. The molecule has 2 aromatic carbocycles. The molecule has 0 unspecified atom stereocenters. The van der Waals surface area contributed by atoms with Crippen LogP contribution in [0.3, 0.4) is 0 Å². The number of methoxy groups -OCH3 is 1. The van der Waals surface area contributed by atoms with Gasteiger partial charge in [0.1, 0.15) is 6.61 Å². The van der Waals surface area contributed by atoms with Crippen LogP contribution in [0.2, 0.25) is 10.0 Å². The first-order valence-electron chi connectivity index (χ1n) is 5.98. The second kappa shape index (κ2) is 6.84. The van der Waals surface area contributed by atoms with E-state index in [2.05, 4.69) is 0 Å². The first-order chi connectivity index (χ1) is 9.63. The average Bonchev–Trinajstić information content (AvgIpc) is 2.48. The summed E-state index contributed by atoms with van der Waals surface area (Å²) in [5, 5.41) is 10.1. The normalized spacial score (nSPS) is 10.4. The number of hydrogen-bond donors (Lipinski definition) is 1. The number of aliphatic hydroxyl groups excluding tert-OH is 1. The molecular weight excluding hydrogens is 299 g/mol. The van der Waals surface area contributed by atoms with Gasteiger partial charge in [-0.15, -0.1) is 0 Å². The van der Waals surface area contributed by atoms with Crippen LogP contribution in [0, 0.1) is 0 Å². The van der Waals surface area contributed by atoms with Gasteiger partial charge < -0.3 is 14.6 Å². The topological polar surface area (TPSA) is 38.7 Å². The predicted molar refractivity (Wildman–Crippen MR) is 79.7 cm³/mol. The third-order valence-corrected chi connectivity index (χ3v) is 3.53. The molecule has 0 saturated heterocycles. The quantitative estimate of drug-likeness (QED) is 0.904. The van der Waals surface area contributed by atoms with E-state index in [0.717, 1.165) is 11.1 Å². The summed E-state index contributed by atoms with van der Waals surface area (Å²) in [6.07, 6.45) is 0. The van der Waals surface area contributed by atoms with Crippen molar-refractivity contribution in [3.63, 3.8) is 0 Å². The highest BCUT2D eigenvalue weighted by Gasteiger charge is 2.07. The Kier molecular flexibility index (Phi) is 5.12. The van der Waals surface area contributed by atoms with Gasteiger partial charge >= 0.3 is 0 Å². The van der Waals surface area contributed by atoms with Crippen molar-refractivity contribution in [1.82, 2.24) is 0 Å². The van der Waals surface area contributed by atoms with Gasteiger partial charge in [0, 0.05) is 0 Å². The fourth-order valence-corrected chi connectivity index (χ4v) is 2.04. The fourth-order valence-electron chi connectivity index (χ4n) is 1.72. The Balaban J connectivity index is 2.15. The minimum atomic E-state index is -0.0485. The van der Waals surface area contributed by atoms with Gasteiger partial charge in [-0.3, -0.25) is 0 Å². The molecule has 0 radical (unpaired) electrons. The van der Waals surface area contributed by atoms with E-state index in [1.54, 1.807) is 37.4 Å². The van der Waals surface area contributed by atoms with Crippen molar-refractivity contribution in [3.05, 3.63) is 57.6 Å². The lowest BCUT2D eigenvalue weighted by Crippen LogP contribution is -1.99. The lowest BCUT2D eigenvalue weighted by molar-refractivity contribution is 0.271. The zero-order valence-electron chi connectivity index (χ0n) is 10.9. The minimum Gasteiger partial charge on any atom is -0.493 e. The molecule has 0 spiro atoms. The molecule has 0 atom stereocenters. The maximum atomic E-state index is 9.15. The van der Waals surface area contributed by atoms with E-state index in [1.807, 2.05) is 6.07 Å². The van der Waals surface area contributed by atoms with Crippen LogP contribution < -0.4 is 9.47 Å². The summed E-state index contributed by atoms with van der Waals surface area (Å²) in [5.41, 5.74) is 1.66. The van der Waals surface area contributed by atoms with Crippen molar-refractivity contribution in [1.29, 1.82) is 0 Å². The van der Waals surface area contributed by atoms with Crippen molar-refractivity contribution in [3.8, 4) is 11.5 Å². The van der Waals surface area contributed by atoms with Crippen LogP contribution in [0.5, 0.6) is 11.5 Å². The number of hydrogen-bond acceptors (Lipinski definition) is 3. The van der Waals surface area contributed by atoms with Gasteiger partial charge in [-0.1, -0.05) is 35.3 Å². The molecule has 2 rings (SSSR count). The van der Waals surface area contributed by atoms with Gasteiger partial charge in [-0.05, 0) is 35.4 Å². The average molecular weight is 313 g/mol. The van der Waals surface area contributed by atoms with E-state index < -0.39 is 0 Å². The Bertz CT molecular complexity index is 600. The van der Waals surface area contributed by atoms with Crippen LogP contribution in [-0.4, -0.2) is 12.2 Å². The number of ether oxygens (including phenoxy) is 2. The zero-order valence-corrected chi connectivity index (χ0v) is 12.4. The van der Waals surface area contributed by atoms with Crippen LogP contribution in [0.1, 0.15) is 11.1 Å². The van der Waals surface area contributed by atoms with E-state index in [9.17, 15) is 0 Å². The Hall–Kier alpha value is -1.42. The zero-order chi connectivity index (χ0) is 14.5. The van der Waals surface area contributed by atoms with Crippen LogP contribution in [0.15, 0.2) is 36.4 Å². The molecule has 0 fully saturated rings. The molecule has 3 nitrogen and oxygen atoms in total. The highest BCUT2D eigenvalue weighted by molar-refractivity contribution is 6.42. The van der Waals surface area contributed by atoms with E-state index in [4.69, 9.17) is 37.8 Å². The molecule has 5 heteroatoms. The lowest BCUT2D eigenvalue weighted by Gasteiger charge is -2.12. The number of benzene rings is 2. The highest BCUT2D eigenvalue weighted by atomic mass is 35.5. The summed E-state index contributed by atoms with van der Waals surface area (Å²) in [6.45, 7) is 0.287. The van der Waals surface area contributed by atoms with Gasteiger partial charge in [-0.25, -0.2) is 0 Å². The number of aliphatic hydroxyl groups is 1. The Morgan fingerprint density at radius 2 is 1.70 bits per heavy atom. The Morgan fingerprint density at radius 3 is 2.35 bits per heavy atom. The first-order valence-corrected chi connectivity index (χ1v) is 6.74. The maximum absolute atomic E-state index is 9.15. The largest absolute Gasteiger partial charge is 0.493 e. The van der Waals surface area contributed by atoms with E-state index in [1.165, 1.54) is 0 Å². The second-order valence-corrected chi connectivity index (χ2v) is 4.99. The number of rotatable bonds is 5. The molecule has 0 aliphatic carbocycles. The molecule has 0 amide bonds. The summed E-state index contributed by atoms with van der Waals surface area (Å²) < 4.78 is 10.9. The molecular formula is C15H14Cl2O3. The van der Waals surface area contributed by atoms with Crippen molar-refractivity contribution in [2.24, 2.45) is 0 Å². The molecule has 20 heavy (non-hydrogen) atoms. The van der Waals surface area contributed by atoms with E-state index in [0.29, 0.717) is 28.2 Å². The van der Waals surface area contributed by atoms with Crippen LogP contribution in [0.4, 0.5) is 0 Å². The van der Waals surface area contributed by atoms with Gasteiger partial charge in [0.05, 0.1) is 23.8 Å². The third kappa shape index (κ3) is 3.57. The molecule has 1 N–H and O–H groups in total. The van der Waals surface area contributed by atoms with Crippen molar-refractivity contribution in [2.45, 2.75) is 13.2 Å². The second-order valence-electron chi connectivity index (χ2n) is 4.18. The van der Waals surface area contributed by atoms with Crippen LogP contribution in [-0.2, 0) is 13.2 Å². The molecule has 0 aromatic heterocycles. The van der Waals surface area contributed by atoms with Crippen molar-refractivity contribution in [2.75, 3.05) is 7.11 Å². The SMILES string of the molecule is COc1ccc(CO)cc1OCc1ccc(Cl)c(Cl)c1. The Labute approximate surface area is 127 Å².